The van der Waals surface area contributed by atoms with Gasteiger partial charge in [-0.2, -0.15) is 0 Å². The predicted octanol–water partition coefficient (Wildman–Crippen LogP) is 3.76. The minimum atomic E-state index is -0.354. The van der Waals surface area contributed by atoms with Gasteiger partial charge in [0.05, 0.1) is 0 Å². The third kappa shape index (κ3) is 4.35. The fourth-order valence-corrected chi connectivity index (χ4v) is 1.98. The number of phenolic OH excluding ortho intramolecular Hbond substituents is 1. The molecule has 0 spiro atoms. The Hall–Kier alpha value is -1.09. The highest BCUT2D eigenvalue weighted by Crippen LogP contribution is 2.21. The van der Waals surface area contributed by atoms with E-state index in [1.54, 1.807) is 6.07 Å². The Morgan fingerprint density at radius 3 is 2.65 bits per heavy atom. The molecule has 0 fully saturated rings. The van der Waals surface area contributed by atoms with E-state index in [1.807, 2.05) is 6.92 Å². The maximum atomic E-state index is 13.6. The molecule has 1 rings (SSSR count). The van der Waals surface area contributed by atoms with Gasteiger partial charge in [0, 0.05) is 23.7 Å². The lowest BCUT2D eigenvalue weighted by Gasteiger charge is -2.20. The lowest BCUT2D eigenvalue weighted by molar-refractivity contribution is 0.429. The average Bonchev–Trinajstić information content (AvgIpc) is 2.26. The van der Waals surface area contributed by atoms with Crippen molar-refractivity contribution in [3.05, 3.63) is 29.6 Å². The summed E-state index contributed by atoms with van der Waals surface area (Å²) in [5, 5.41) is 12.5. The Balaban J connectivity index is 2.60. The first-order chi connectivity index (χ1) is 8.04. The zero-order valence-corrected chi connectivity index (χ0v) is 10.8. The first kappa shape index (κ1) is 14.0. The molecule has 0 amide bonds. The lowest BCUT2D eigenvalue weighted by atomic mass is 10.0. The first-order valence-corrected chi connectivity index (χ1v) is 6.29. The lowest BCUT2D eigenvalue weighted by Crippen LogP contribution is -2.29. The number of rotatable bonds is 6. The monoisotopic (exact) mass is 239 g/mol. The Labute approximate surface area is 103 Å². The molecule has 0 saturated carbocycles. The van der Waals surface area contributed by atoms with Crippen LogP contribution in [-0.4, -0.2) is 11.1 Å². The van der Waals surface area contributed by atoms with E-state index in [2.05, 4.69) is 19.2 Å². The maximum Gasteiger partial charge on any atom is 0.131 e. The van der Waals surface area contributed by atoms with Crippen molar-refractivity contribution in [2.75, 3.05) is 0 Å². The van der Waals surface area contributed by atoms with Gasteiger partial charge in [0.2, 0.25) is 0 Å². The normalized spacial score (nSPS) is 14.6. The van der Waals surface area contributed by atoms with E-state index >= 15 is 0 Å². The van der Waals surface area contributed by atoms with Crippen molar-refractivity contribution in [3.8, 4) is 5.75 Å². The van der Waals surface area contributed by atoms with Crippen molar-refractivity contribution < 1.29 is 9.50 Å². The van der Waals surface area contributed by atoms with Gasteiger partial charge in [-0.15, -0.1) is 0 Å². The van der Waals surface area contributed by atoms with Gasteiger partial charge in [0.15, 0.2) is 0 Å². The van der Waals surface area contributed by atoms with Crippen LogP contribution in [0.1, 0.15) is 51.6 Å². The Morgan fingerprint density at radius 1 is 1.35 bits per heavy atom. The Kier molecular flexibility index (Phi) is 5.42. The van der Waals surface area contributed by atoms with Crippen molar-refractivity contribution in [3.63, 3.8) is 0 Å². The van der Waals surface area contributed by atoms with Crippen LogP contribution in [0.25, 0.3) is 0 Å². The number of unbranched alkanes of at least 4 members (excludes halogenated alkanes) is 1. The second-order valence-corrected chi connectivity index (χ2v) is 4.64. The summed E-state index contributed by atoms with van der Waals surface area (Å²) < 4.78 is 13.6. The molecule has 2 nitrogen and oxygen atoms in total. The van der Waals surface area contributed by atoms with Gasteiger partial charge >= 0.3 is 0 Å². The second-order valence-electron chi connectivity index (χ2n) is 4.64. The largest absolute Gasteiger partial charge is 0.508 e. The van der Waals surface area contributed by atoms with Crippen molar-refractivity contribution in [2.24, 2.45) is 0 Å². The van der Waals surface area contributed by atoms with Gasteiger partial charge in [-0.25, -0.2) is 4.39 Å². The van der Waals surface area contributed by atoms with Crippen LogP contribution in [0.2, 0.25) is 0 Å². The van der Waals surface area contributed by atoms with Gasteiger partial charge in [0.1, 0.15) is 11.6 Å². The number of hydrogen-bond acceptors (Lipinski definition) is 2. The fourth-order valence-electron chi connectivity index (χ4n) is 1.98. The van der Waals surface area contributed by atoms with Crippen molar-refractivity contribution >= 4 is 0 Å². The zero-order valence-electron chi connectivity index (χ0n) is 10.8. The van der Waals surface area contributed by atoms with Crippen molar-refractivity contribution in [1.82, 2.24) is 5.32 Å². The summed E-state index contributed by atoms with van der Waals surface area (Å²) in [6.45, 7) is 6.22. The molecule has 0 aliphatic heterocycles. The van der Waals surface area contributed by atoms with E-state index in [1.165, 1.54) is 18.9 Å². The highest BCUT2D eigenvalue weighted by molar-refractivity contribution is 5.29. The number of halogens is 1. The second kappa shape index (κ2) is 6.60. The first-order valence-electron chi connectivity index (χ1n) is 6.29. The molecular weight excluding hydrogens is 217 g/mol. The van der Waals surface area contributed by atoms with Gasteiger partial charge < -0.3 is 10.4 Å². The summed E-state index contributed by atoms with van der Waals surface area (Å²) in [6, 6.07) is 4.65. The molecular formula is C14H22FNO. The standard InChI is InChI=1S/C14H22FNO/c1-4-5-6-10(2)16-11(3)13-8-7-12(17)9-14(13)15/h7-11,16-17H,4-6H2,1-3H3. The van der Waals surface area contributed by atoms with Gasteiger partial charge in [-0.3, -0.25) is 0 Å². The van der Waals surface area contributed by atoms with Crippen LogP contribution in [0.4, 0.5) is 4.39 Å². The number of phenols is 1. The molecule has 0 saturated heterocycles. The van der Waals surface area contributed by atoms with E-state index < -0.39 is 0 Å². The third-order valence-corrected chi connectivity index (χ3v) is 2.98. The Bertz CT molecular complexity index is 354. The quantitative estimate of drug-likeness (QED) is 0.792. The minimum Gasteiger partial charge on any atom is -0.508 e. The molecule has 0 aliphatic rings. The van der Waals surface area contributed by atoms with Gasteiger partial charge in [-0.1, -0.05) is 25.8 Å². The van der Waals surface area contributed by atoms with Gasteiger partial charge in [-0.05, 0) is 26.3 Å². The average molecular weight is 239 g/mol. The summed E-state index contributed by atoms with van der Waals surface area (Å²) in [7, 11) is 0. The maximum absolute atomic E-state index is 13.6. The van der Waals surface area contributed by atoms with E-state index in [0.29, 0.717) is 11.6 Å². The molecule has 0 heterocycles. The Morgan fingerprint density at radius 2 is 2.06 bits per heavy atom. The van der Waals surface area contributed by atoms with Crippen LogP contribution in [0.15, 0.2) is 18.2 Å². The number of hydrogen-bond donors (Lipinski definition) is 2. The highest BCUT2D eigenvalue weighted by atomic mass is 19.1. The zero-order chi connectivity index (χ0) is 12.8. The number of aromatic hydroxyl groups is 1. The van der Waals surface area contributed by atoms with Crippen LogP contribution in [-0.2, 0) is 0 Å². The summed E-state index contributed by atoms with van der Waals surface area (Å²) in [6.07, 6.45) is 3.45. The fraction of sp³-hybridized carbons (Fsp3) is 0.571. The van der Waals surface area contributed by atoms with E-state index in [-0.39, 0.29) is 17.6 Å². The van der Waals surface area contributed by atoms with Crippen LogP contribution in [0, 0.1) is 5.82 Å². The molecule has 2 atom stereocenters. The smallest absolute Gasteiger partial charge is 0.131 e. The van der Waals surface area contributed by atoms with Crippen LogP contribution < -0.4 is 5.32 Å². The molecule has 2 N–H and O–H groups in total. The van der Waals surface area contributed by atoms with E-state index in [0.717, 1.165) is 12.5 Å². The molecule has 0 aromatic heterocycles. The summed E-state index contributed by atoms with van der Waals surface area (Å²) >= 11 is 0. The number of nitrogens with one attached hydrogen (secondary N) is 1. The van der Waals surface area contributed by atoms with E-state index in [9.17, 15) is 4.39 Å². The minimum absolute atomic E-state index is 0.0301. The van der Waals surface area contributed by atoms with E-state index in [4.69, 9.17) is 5.11 Å². The molecule has 1 aromatic carbocycles. The predicted molar refractivity (Wildman–Crippen MR) is 68.6 cm³/mol. The summed E-state index contributed by atoms with van der Waals surface area (Å²) in [5.41, 5.74) is 0.603. The molecule has 1 aromatic rings. The third-order valence-electron chi connectivity index (χ3n) is 2.98. The van der Waals surface area contributed by atoms with Crippen LogP contribution >= 0.6 is 0 Å². The molecule has 0 radical (unpaired) electrons. The molecule has 0 bridgehead atoms. The number of benzene rings is 1. The SMILES string of the molecule is CCCCC(C)NC(C)c1ccc(O)cc1F. The van der Waals surface area contributed by atoms with Crippen LogP contribution in [0.5, 0.6) is 5.75 Å². The van der Waals surface area contributed by atoms with Crippen molar-refractivity contribution in [1.29, 1.82) is 0 Å². The molecule has 17 heavy (non-hydrogen) atoms. The van der Waals surface area contributed by atoms with Crippen molar-refractivity contribution in [2.45, 2.75) is 52.1 Å². The highest BCUT2D eigenvalue weighted by Gasteiger charge is 2.13. The molecule has 3 heteroatoms. The topological polar surface area (TPSA) is 32.3 Å². The molecule has 2 unspecified atom stereocenters. The van der Waals surface area contributed by atoms with Crippen LogP contribution in [0.3, 0.4) is 0 Å². The molecule has 0 aliphatic carbocycles. The summed E-state index contributed by atoms with van der Waals surface area (Å²) in [5.74, 6) is -0.384. The summed E-state index contributed by atoms with van der Waals surface area (Å²) in [4.78, 5) is 0. The van der Waals surface area contributed by atoms with Gasteiger partial charge in [0.25, 0.3) is 0 Å². The molecule has 96 valence electrons.